The van der Waals surface area contributed by atoms with E-state index >= 15 is 0 Å². The molecule has 1 aliphatic rings. The Balaban J connectivity index is 1.75. The van der Waals surface area contributed by atoms with E-state index in [1.54, 1.807) is 6.07 Å². The minimum absolute atomic E-state index is 0.0969. The van der Waals surface area contributed by atoms with Gasteiger partial charge in [-0.2, -0.15) is 0 Å². The van der Waals surface area contributed by atoms with E-state index < -0.39 is 6.10 Å². The molecule has 1 aliphatic heterocycles. The third-order valence-electron chi connectivity index (χ3n) is 3.29. The SMILES string of the molecule is O=C1CCC(CCC(O)Cc2cccc(F)c2)N1. The lowest BCUT2D eigenvalue weighted by molar-refractivity contribution is -0.119. The fourth-order valence-corrected chi connectivity index (χ4v) is 2.33. The second kappa shape index (κ2) is 5.96. The average molecular weight is 251 g/mol. The molecule has 2 rings (SSSR count). The lowest BCUT2D eigenvalue weighted by atomic mass is 10.0. The third kappa shape index (κ3) is 3.81. The highest BCUT2D eigenvalue weighted by atomic mass is 19.1. The van der Waals surface area contributed by atoms with E-state index in [0.717, 1.165) is 18.4 Å². The molecule has 0 radical (unpaired) electrons. The van der Waals surface area contributed by atoms with Gasteiger partial charge in [0.15, 0.2) is 0 Å². The van der Waals surface area contributed by atoms with E-state index in [2.05, 4.69) is 5.32 Å². The Labute approximate surface area is 106 Å². The number of rotatable bonds is 5. The Kier molecular flexibility index (Phi) is 4.31. The highest BCUT2D eigenvalue weighted by molar-refractivity contribution is 5.78. The number of aliphatic hydroxyl groups excluding tert-OH is 1. The van der Waals surface area contributed by atoms with Crippen LogP contribution in [-0.2, 0) is 11.2 Å². The zero-order valence-corrected chi connectivity index (χ0v) is 10.2. The molecule has 1 heterocycles. The van der Waals surface area contributed by atoms with Crippen molar-refractivity contribution in [2.45, 2.75) is 44.2 Å². The van der Waals surface area contributed by atoms with E-state index in [-0.39, 0.29) is 17.8 Å². The van der Waals surface area contributed by atoms with Crippen LogP contribution in [-0.4, -0.2) is 23.2 Å². The molecule has 4 heteroatoms. The summed E-state index contributed by atoms with van der Waals surface area (Å²) in [5.41, 5.74) is 0.804. The molecule has 0 aliphatic carbocycles. The maximum atomic E-state index is 13.0. The van der Waals surface area contributed by atoms with Gasteiger partial charge in [0.1, 0.15) is 5.82 Å². The zero-order valence-electron chi connectivity index (χ0n) is 10.2. The van der Waals surface area contributed by atoms with Gasteiger partial charge in [0.2, 0.25) is 5.91 Å². The number of carbonyl (C=O) groups is 1. The molecule has 98 valence electrons. The van der Waals surface area contributed by atoms with Crippen LogP contribution in [0.2, 0.25) is 0 Å². The number of carbonyl (C=O) groups excluding carboxylic acids is 1. The Bertz CT molecular complexity index is 422. The summed E-state index contributed by atoms with van der Waals surface area (Å²) in [5, 5.41) is 12.8. The van der Waals surface area contributed by atoms with Crippen LogP contribution >= 0.6 is 0 Å². The highest BCUT2D eigenvalue weighted by Gasteiger charge is 2.21. The topological polar surface area (TPSA) is 49.3 Å². The summed E-state index contributed by atoms with van der Waals surface area (Å²) >= 11 is 0. The van der Waals surface area contributed by atoms with Gasteiger partial charge < -0.3 is 10.4 Å². The molecule has 3 nitrogen and oxygen atoms in total. The van der Waals surface area contributed by atoms with Gasteiger partial charge in [0, 0.05) is 12.5 Å². The Morgan fingerprint density at radius 2 is 2.33 bits per heavy atom. The maximum Gasteiger partial charge on any atom is 0.220 e. The molecule has 18 heavy (non-hydrogen) atoms. The van der Waals surface area contributed by atoms with Crippen LogP contribution in [0.1, 0.15) is 31.2 Å². The number of benzene rings is 1. The van der Waals surface area contributed by atoms with E-state index in [1.807, 2.05) is 6.07 Å². The van der Waals surface area contributed by atoms with Crippen LogP contribution in [0.4, 0.5) is 4.39 Å². The summed E-state index contributed by atoms with van der Waals surface area (Å²) in [6.07, 6.45) is 2.82. The second-order valence-corrected chi connectivity index (χ2v) is 4.87. The summed E-state index contributed by atoms with van der Waals surface area (Å²) < 4.78 is 13.0. The average Bonchev–Trinajstić information content (AvgIpc) is 2.73. The lowest BCUT2D eigenvalue weighted by Gasteiger charge is -2.14. The van der Waals surface area contributed by atoms with Crippen LogP contribution in [0.3, 0.4) is 0 Å². The lowest BCUT2D eigenvalue weighted by Crippen LogP contribution is -2.26. The minimum Gasteiger partial charge on any atom is -0.393 e. The fraction of sp³-hybridized carbons (Fsp3) is 0.500. The van der Waals surface area contributed by atoms with Gasteiger partial charge in [-0.3, -0.25) is 4.79 Å². The van der Waals surface area contributed by atoms with Crippen molar-refractivity contribution >= 4 is 5.91 Å². The number of hydrogen-bond acceptors (Lipinski definition) is 2. The Morgan fingerprint density at radius 1 is 1.50 bits per heavy atom. The van der Waals surface area contributed by atoms with Crippen molar-refractivity contribution in [3.63, 3.8) is 0 Å². The standard InChI is InChI=1S/C14H18FNO2/c15-11-3-1-2-10(8-11)9-13(17)6-4-12-5-7-14(18)16-12/h1-3,8,12-13,17H,4-7,9H2,(H,16,18). The van der Waals surface area contributed by atoms with Crippen LogP contribution in [0.5, 0.6) is 0 Å². The highest BCUT2D eigenvalue weighted by Crippen LogP contribution is 2.15. The molecule has 2 N–H and O–H groups in total. The molecule has 1 fully saturated rings. The number of nitrogens with one attached hydrogen (secondary N) is 1. The van der Waals surface area contributed by atoms with Gasteiger partial charge in [-0.1, -0.05) is 12.1 Å². The number of amides is 1. The molecule has 2 atom stereocenters. The van der Waals surface area contributed by atoms with Gasteiger partial charge in [-0.25, -0.2) is 4.39 Å². The van der Waals surface area contributed by atoms with Gasteiger partial charge in [0.25, 0.3) is 0 Å². The van der Waals surface area contributed by atoms with Crippen molar-refractivity contribution < 1.29 is 14.3 Å². The van der Waals surface area contributed by atoms with Gasteiger partial charge in [-0.05, 0) is 43.4 Å². The van der Waals surface area contributed by atoms with Crippen molar-refractivity contribution in [1.82, 2.24) is 5.32 Å². The normalized spacial score (nSPS) is 20.8. The smallest absolute Gasteiger partial charge is 0.220 e. The van der Waals surface area contributed by atoms with Crippen LogP contribution in [0.15, 0.2) is 24.3 Å². The molecule has 1 aromatic carbocycles. The zero-order chi connectivity index (χ0) is 13.0. The first-order valence-electron chi connectivity index (χ1n) is 6.35. The number of aliphatic hydroxyl groups is 1. The van der Waals surface area contributed by atoms with Crippen molar-refractivity contribution in [3.05, 3.63) is 35.6 Å². The molecular formula is C14H18FNO2. The molecule has 1 aromatic rings. The first-order chi connectivity index (χ1) is 8.63. The summed E-state index contributed by atoms with van der Waals surface area (Å²) in [6.45, 7) is 0. The molecule has 0 saturated carbocycles. The molecule has 0 spiro atoms. The largest absolute Gasteiger partial charge is 0.393 e. The summed E-state index contributed by atoms with van der Waals surface area (Å²) in [6, 6.07) is 6.49. The fourth-order valence-electron chi connectivity index (χ4n) is 2.33. The van der Waals surface area contributed by atoms with Crippen LogP contribution < -0.4 is 5.32 Å². The van der Waals surface area contributed by atoms with E-state index in [0.29, 0.717) is 19.3 Å². The molecule has 0 bridgehead atoms. The van der Waals surface area contributed by atoms with Crippen molar-refractivity contribution in [2.75, 3.05) is 0 Å². The first kappa shape index (κ1) is 13.0. The summed E-state index contributed by atoms with van der Waals surface area (Å²) in [5.74, 6) is -0.178. The number of hydrogen-bond donors (Lipinski definition) is 2. The molecule has 1 saturated heterocycles. The number of halogens is 1. The van der Waals surface area contributed by atoms with Crippen LogP contribution in [0, 0.1) is 5.82 Å². The van der Waals surface area contributed by atoms with Crippen molar-refractivity contribution in [2.24, 2.45) is 0 Å². The maximum absolute atomic E-state index is 13.0. The quantitative estimate of drug-likeness (QED) is 0.838. The molecule has 0 aromatic heterocycles. The Morgan fingerprint density at radius 3 is 3.00 bits per heavy atom. The Hall–Kier alpha value is -1.42. The molecule has 2 unspecified atom stereocenters. The molecule has 1 amide bonds. The van der Waals surface area contributed by atoms with E-state index in [9.17, 15) is 14.3 Å². The van der Waals surface area contributed by atoms with Gasteiger partial charge >= 0.3 is 0 Å². The van der Waals surface area contributed by atoms with E-state index in [1.165, 1.54) is 12.1 Å². The first-order valence-corrected chi connectivity index (χ1v) is 6.35. The third-order valence-corrected chi connectivity index (χ3v) is 3.29. The van der Waals surface area contributed by atoms with Crippen molar-refractivity contribution in [1.29, 1.82) is 0 Å². The van der Waals surface area contributed by atoms with E-state index in [4.69, 9.17) is 0 Å². The monoisotopic (exact) mass is 251 g/mol. The van der Waals surface area contributed by atoms with Crippen LogP contribution in [0.25, 0.3) is 0 Å². The predicted molar refractivity (Wildman–Crippen MR) is 66.5 cm³/mol. The van der Waals surface area contributed by atoms with Gasteiger partial charge in [0.05, 0.1) is 6.10 Å². The summed E-state index contributed by atoms with van der Waals surface area (Å²) in [4.78, 5) is 11.0. The van der Waals surface area contributed by atoms with Gasteiger partial charge in [-0.15, -0.1) is 0 Å². The summed E-state index contributed by atoms with van der Waals surface area (Å²) in [7, 11) is 0. The minimum atomic E-state index is -0.482. The molecular weight excluding hydrogens is 233 g/mol. The predicted octanol–water partition coefficient (Wildman–Crippen LogP) is 1.79. The van der Waals surface area contributed by atoms with Crippen molar-refractivity contribution in [3.8, 4) is 0 Å². The second-order valence-electron chi connectivity index (χ2n) is 4.87.